The fourth-order valence-corrected chi connectivity index (χ4v) is 4.32. The molecule has 0 aliphatic rings. The number of rotatable bonds is 6. The van der Waals surface area contributed by atoms with Crippen LogP contribution in [0.25, 0.3) is 15.9 Å². The third kappa shape index (κ3) is 4.79. The number of benzene rings is 2. The third-order valence-electron chi connectivity index (χ3n) is 4.95. The summed E-state index contributed by atoms with van der Waals surface area (Å²) in [7, 11) is 0. The summed E-state index contributed by atoms with van der Waals surface area (Å²) in [5.74, 6) is -1.90. The van der Waals surface area contributed by atoms with Crippen LogP contribution in [0.15, 0.2) is 54.6 Å². The Morgan fingerprint density at radius 2 is 1.65 bits per heavy atom. The largest absolute Gasteiger partial charge is 0.435 e. The molecule has 0 aliphatic carbocycles. The second-order valence-corrected chi connectivity index (χ2v) is 8.45. The second-order valence-electron chi connectivity index (χ2n) is 7.41. The van der Waals surface area contributed by atoms with E-state index < -0.39 is 29.5 Å². The predicted molar refractivity (Wildman–Crippen MR) is 120 cm³/mol. The van der Waals surface area contributed by atoms with Crippen LogP contribution in [0, 0.1) is 12.7 Å². The van der Waals surface area contributed by atoms with Crippen molar-refractivity contribution in [2.24, 2.45) is 0 Å². The zero-order valence-electron chi connectivity index (χ0n) is 17.7. The molecule has 2 amide bonds. The summed E-state index contributed by atoms with van der Waals surface area (Å²) < 4.78 is 55.5. The molecule has 0 spiro atoms. The Hall–Kier alpha value is -3.73. The normalized spacial score (nSPS) is 11.6. The van der Waals surface area contributed by atoms with Gasteiger partial charge in [0.05, 0.1) is 16.1 Å². The van der Waals surface area contributed by atoms with Gasteiger partial charge in [0.25, 0.3) is 11.8 Å². The monoisotopic (exact) mass is 490 g/mol. The summed E-state index contributed by atoms with van der Waals surface area (Å²) in [6, 6.07) is 13.4. The quantitative estimate of drug-likeness (QED) is 0.304. The molecule has 34 heavy (non-hydrogen) atoms. The molecule has 0 unspecified atom stereocenters. The fraction of sp³-hybridized carbons (Fsp3) is 0.174. The van der Waals surface area contributed by atoms with Crippen LogP contribution >= 0.6 is 11.3 Å². The first-order valence-corrected chi connectivity index (χ1v) is 10.9. The van der Waals surface area contributed by atoms with Crippen molar-refractivity contribution in [2.45, 2.75) is 13.1 Å². The summed E-state index contributed by atoms with van der Waals surface area (Å²) in [5.41, 5.74) is 0.182. The van der Waals surface area contributed by atoms with E-state index in [1.165, 1.54) is 22.9 Å². The van der Waals surface area contributed by atoms with E-state index in [1.807, 2.05) is 6.92 Å². The highest BCUT2D eigenvalue weighted by Gasteiger charge is 2.38. The predicted octanol–water partition coefficient (Wildman–Crippen LogP) is 4.71. The van der Waals surface area contributed by atoms with Gasteiger partial charge in [0.15, 0.2) is 5.69 Å². The molecule has 2 N–H and O–H groups in total. The number of amides is 2. The van der Waals surface area contributed by atoms with Crippen LogP contribution in [0.4, 0.5) is 17.6 Å². The molecule has 6 nitrogen and oxygen atoms in total. The molecule has 0 radical (unpaired) electrons. The molecule has 2 aromatic carbocycles. The number of hydrogen-bond acceptors (Lipinski definition) is 4. The van der Waals surface area contributed by atoms with Crippen molar-refractivity contribution in [2.75, 3.05) is 13.1 Å². The number of nitrogens with zero attached hydrogens (tertiary/aromatic N) is 2. The lowest BCUT2D eigenvalue weighted by Gasteiger charge is -2.07. The topological polar surface area (TPSA) is 76.0 Å². The number of hydrogen-bond donors (Lipinski definition) is 2. The van der Waals surface area contributed by atoms with Gasteiger partial charge < -0.3 is 10.6 Å². The van der Waals surface area contributed by atoms with Gasteiger partial charge in [-0.2, -0.15) is 18.3 Å². The number of carbonyl (C=O) groups is 2. The van der Waals surface area contributed by atoms with Crippen molar-refractivity contribution in [3.05, 3.63) is 82.1 Å². The number of thiophene rings is 1. The molecule has 0 fully saturated rings. The minimum absolute atomic E-state index is 0.00346. The molecule has 0 saturated carbocycles. The van der Waals surface area contributed by atoms with Crippen LogP contribution in [0.5, 0.6) is 0 Å². The summed E-state index contributed by atoms with van der Waals surface area (Å²) >= 11 is 0.883. The molecule has 2 aromatic heterocycles. The van der Waals surface area contributed by atoms with Gasteiger partial charge in [-0.3, -0.25) is 9.59 Å². The molecule has 176 valence electrons. The van der Waals surface area contributed by atoms with E-state index in [4.69, 9.17) is 0 Å². The summed E-state index contributed by atoms with van der Waals surface area (Å²) in [4.78, 5) is 24.8. The van der Waals surface area contributed by atoms with E-state index in [-0.39, 0.29) is 33.7 Å². The second kappa shape index (κ2) is 9.26. The molecular weight excluding hydrogens is 472 g/mol. The molecule has 2 heterocycles. The highest BCUT2D eigenvalue weighted by molar-refractivity contribution is 7.20. The Labute approximate surface area is 195 Å². The first-order valence-electron chi connectivity index (χ1n) is 10.1. The summed E-state index contributed by atoms with van der Waals surface area (Å²) in [6.07, 6.45) is -4.69. The highest BCUT2D eigenvalue weighted by atomic mass is 32.1. The zero-order chi connectivity index (χ0) is 24.5. The molecule has 0 saturated heterocycles. The maximum Gasteiger partial charge on any atom is 0.435 e. The van der Waals surface area contributed by atoms with Gasteiger partial charge in [-0.1, -0.05) is 29.8 Å². The van der Waals surface area contributed by atoms with Crippen LogP contribution in [0.3, 0.4) is 0 Å². The van der Waals surface area contributed by atoms with Gasteiger partial charge in [-0.05, 0) is 37.3 Å². The average Bonchev–Trinajstić information content (AvgIpc) is 3.37. The first-order chi connectivity index (χ1) is 16.1. The van der Waals surface area contributed by atoms with Crippen LogP contribution in [0.2, 0.25) is 0 Å². The maximum absolute atomic E-state index is 13.6. The number of nitrogens with one attached hydrogen (secondary N) is 2. The Morgan fingerprint density at radius 1 is 1.00 bits per heavy atom. The minimum atomic E-state index is -4.69. The number of alkyl halides is 3. The zero-order valence-corrected chi connectivity index (χ0v) is 18.6. The number of aromatic nitrogens is 2. The fourth-order valence-electron chi connectivity index (χ4n) is 3.27. The Bertz CT molecular complexity index is 1360. The van der Waals surface area contributed by atoms with Gasteiger partial charge in [-0.25, -0.2) is 9.07 Å². The molecule has 4 rings (SSSR count). The van der Waals surface area contributed by atoms with E-state index in [9.17, 15) is 27.2 Å². The number of carbonyl (C=O) groups excluding carboxylic acids is 2. The Morgan fingerprint density at radius 3 is 2.29 bits per heavy atom. The van der Waals surface area contributed by atoms with E-state index >= 15 is 0 Å². The van der Waals surface area contributed by atoms with E-state index in [0.717, 1.165) is 29.0 Å². The van der Waals surface area contributed by atoms with Gasteiger partial charge in [-0.15, -0.1) is 11.3 Å². The Kier molecular flexibility index (Phi) is 6.38. The van der Waals surface area contributed by atoms with Crippen LogP contribution in [-0.2, 0) is 6.18 Å². The van der Waals surface area contributed by atoms with Crippen LogP contribution in [-0.4, -0.2) is 34.7 Å². The SMILES string of the molecule is Cc1ccc(-n2nc(C(F)(F)F)c3cc(C(=O)NCCNC(=O)c4ccccc4F)sc32)cc1. The highest BCUT2D eigenvalue weighted by Crippen LogP contribution is 2.38. The van der Waals surface area contributed by atoms with Gasteiger partial charge in [0.2, 0.25) is 0 Å². The van der Waals surface area contributed by atoms with Gasteiger partial charge in [0, 0.05) is 18.5 Å². The summed E-state index contributed by atoms with van der Waals surface area (Å²) in [5, 5.41) is 8.60. The minimum Gasteiger partial charge on any atom is -0.350 e. The van der Waals surface area contributed by atoms with E-state index in [1.54, 1.807) is 24.3 Å². The molecule has 0 aliphatic heterocycles. The third-order valence-corrected chi connectivity index (χ3v) is 6.05. The molecule has 11 heteroatoms. The first kappa shape index (κ1) is 23.4. The lowest BCUT2D eigenvalue weighted by atomic mass is 10.2. The summed E-state index contributed by atoms with van der Waals surface area (Å²) in [6.45, 7) is 1.87. The van der Waals surface area contributed by atoms with E-state index in [2.05, 4.69) is 15.7 Å². The van der Waals surface area contributed by atoms with Gasteiger partial charge >= 0.3 is 6.18 Å². The molecular formula is C23H18F4N4O2S. The Balaban J connectivity index is 1.49. The van der Waals surface area contributed by atoms with Crippen LogP contribution < -0.4 is 10.6 Å². The van der Waals surface area contributed by atoms with Crippen molar-refractivity contribution in [1.29, 1.82) is 0 Å². The standard InChI is InChI=1S/C23H18F4N4O2S/c1-13-6-8-14(9-7-13)31-22-16(19(30-31)23(25,26)27)12-18(34-22)21(33)29-11-10-28-20(32)15-4-2-3-5-17(15)24/h2-9,12H,10-11H2,1H3,(H,28,32)(H,29,33). The van der Waals surface area contributed by atoms with Crippen LogP contribution in [0.1, 0.15) is 31.3 Å². The van der Waals surface area contributed by atoms with Crippen molar-refractivity contribution in [3.8, 4) is 5.69 Å². The van der Waals surface area contributed by atoms with Crippen molar-refractivity contribution in [3.63, 3.8) is 0 Å². The van der Waals surface area contributed by atoms with E-state index in [0.29, 0.717) is 5.69 Å². The lowest BCUT2D eigenvalue weighted by Crippen LogP contribution is -2.34. The number of aryl methyl sites for hydroxylation is 1. The molecule has 4 aromatic rings. The molecule has 0 bridgehead atoms. The maximum atomic E-state index is 13.6. The molecule has 0 atom stereocenters. The smallest absolute Gasteiger partial charge is 0.350 e. The van der Waals surface area contributed by atoms with Crippen molar-refractivity contribution < 1.29 is 27.2 Å². The number of halogens is 4. The van der Waals surface area contributed by atoms with Gasteiger partial charge in [0.1, 0.15) is 10.6 Å². The lowest BCUT2D eigenvalue weighted by molar-refractivity contribution is -0.140. The van der Waals surface area contributed by atoms with Crippen molar-refractivity contribution in [1.82, 2.24) is 20.4 Å². The van der Waals surface area contributed by atoms with Crippen molar-refractivity contribution >= 4 is 33.4 Å². The number of fused-ring (bicyclic) bond motifs is 1. The average molecular weight is 490 g/mol.